The zero-order valence-electron chi connectivity index (χ0n) is 17.1. The van der Waals surface area contributed by atoms with Crippen molar-refractivity contribution >= 4 is 11.6 Å². The molecule has 30 heavy (non-hydrogen) atoms. The van der Waals surface area contributed by atoms with E-state index in [9.17, 15) is 4.79 Å². The smallest absolute Gasteiger partial charge is 0.255 e. The average molecular weight is 399 g/mol. The summed E-state index contributed by atoms with van der Waals surface area (Å²) < 4.78 is 0. The highest BCUT2D eigenvalue weighted by atomic mass is 16.1. The Morgan fingerprint density at radius 2 is 1.73 bits per heavy atom. The fourth-order valence-corrected chi connectivity index (χ4v) is 4.43. The van der Waals surface area contributed by atoms with Crippen LogP contribution in [0.5, 0.6) is 0 Å². The van der Waals surface area contributed by atoms with Crippen LogP contribution in [0.1, 0.15) is 40.7 Å². The van der Waals surface area contributed by atoms with Crippen LogP contribution in [-0.4, -0.2) is 39.9 Å². The van der Waals surface area contributed by atoms with Gasteiger partial charge in [-0.15, -0.1) is 0 Å². The van der Waals surface area contributed by atoms with Crippen LogP contribution in [0.4, 0.5) is 5.69 Å². The normalized spacial score (nSPS) is 16.9. The molecule has 5 nitrogen and oxygen atoms in total. The predicted octanol–water partition coefficient (Wildman–Crippen LogP) is 4.35. The summed E-state index contributed by atoms with van der Waals surface area (Å²) in [6.45, 7) is 2.27. The molecule has 0 unspecified atom stereocenters. The Hall–Kier alpha value is -3.05. The van der Waals surface area contributed by atoms with E-state index < -0.39 is 0 Å². The van der Waals surface area contributed by atoms with Gasteiger partial charge in [0.25, 0.3) is 5.91 Å². The number of hydrogen-bond donors (Lipinski definition) is 1. The van der Waals surface area contributed by atoms with Gasteiger partial charge in [0, 0.05) is 48.3 Å². The summed E-state index contributed by atoms with van der Waals surface area (Å²) in [5.41, 5.74) is 6.10. The maximum atomic E-state index is 12.9. The van der Waals surface area contributed by atoms with Crippen molar-refractivity contribution in [2.75, 3.05) is 18.4 Å². The second kappa shape index (κ2) is 8.36. The molecule has 1 fully saturated rings. The number of nitrogens with zero attached hydrogens (tertiary/aromatic N) is 3. The van der Waals surface area contributed by atoms with E-state index >= 15 is 0 Å². The predicted molar refractivity (Wildman–Crippen MR) is 118 cm³/mol. The third kappa shape index (κ3) is 3.98. The number of aromatic nitrogens is 2. The Morgan fingerprint density at radius 3 is 2.50 bits per heavy atom. The molecule has 5 heteroatoms. The lowest BCUT2D eigenvalue weighted by molar-refractivity contribution is 0.102. The minimum absolute atomic E-state index is 0.0987. The molecule has 0 spiro atoms. The first kappa shape index (κ1) is 18.9. The van der Waals surface area contributed by atoms with Crippen molar-refractivity contribution in [2.24, 2.45) is 0 Å². The Bertz CT molecular complexity index is 1050. The van der Waals surface area contributed by atoms with Gasteiger partial charge in [-0.2, -0.15) is 0 Å². The minimum Gasteiger partial charge on any atom is -0.322 e. The van der Waals surface area contributed by atoms with Crippen LogP contribution in [-0.2, 0) is 12.8 Å². The Kier molecular flexibility index (Phi) is 5.28. The number of hydrogen-bond acceptors (Lipinski definition) is 4. The van der Waals surface area contributed by atoms with Crippen molar-refractivity contribution in [1.82, 2.24) is 14.9 Å². The van der Waals surface area contributed by atoms with Gasteiger partial charge >= 0.3 is 0 Å². The molecule has 3 aromatic rings. The molecular formula is C25H26N4O. The van der Waals surface area contributed by atoms with Crippen LogP contribution < -0.4 is 5.32 Å². The van der Waals surface area contributed by atoms with Crippen LogP contribution in [0, 0.1) is 0 Å². The van der Waals surface area contributed by atoms with Crippen molar-refractivity contribution in [3.8, 4) is 11.1 Å². The molecule has 0 bridgehead atoms. The number of fused-ring (bicyclic) bond motifs is 1. The third-order valence-corrected chi connectivity index (χ3v) is 6.41. The number of anilines is 1. The topological polar surface area (TPSA) is 58.1 Å². The maximum Gasteiger partial charge on any atom is 0.255 e. The summed E-state index contributed by atoms with van der Waals surface area (Å²) in [6, 6.07) is 14.7. The van der Waals surface area contributed by atoms with Crippen LogP contribution >= 0.6 is 0 Å². The molecule has 1 amide bonds. The summed E-state index contributed by atoms with van der Waals surface area (Å²) in [5.74, 6) is -0.0987. The van der Waals surface area contributed by atoms with E-state index in [0.717, 1.165) is 48.8 Å². The van der Waals surface area contributed by atoms with Gasteiger partial charge in [0.2, 0.25) is 0 Å². The summed E-state index contributed by atoms with van der Waals surface area (Å²) in [7, 11) is 0. The molecule has 1 saturated carbocycles. The van der Waals surface area contributed by atoms with E-state index in [1.165, 1.54) is 36.7 Å². The molecule has 5 rings (SSSR count). The summed E-state index contributed by atoms with van der Waals surface area (Å²) >= 11 is 0. The van der Waals surface area contributed by atoms with Crippen LogP contribution in [0.2, 0.25) is 0 Å². The minimum atomic E-state index is -0.0987. The molecule has 152 valence electrons. The van der Waals surface area contributed by atoms with Crippen LogP contribution in [0.15, 0.2) is 61.2 Å². The van der Waals surface area contributed by atoms with Crippen molar-refractivity contribution in [2.45, 2.75) is 38.1 Å². The average Bonchev–Trinajstić information content (AvgIpc) is 2.96. The van der Waals surface area contributed by atoms with Gasteiger partial charge in [0.15, 0.2) is 0 Å². The van der Waals surface area contributed by atoms with Crippen LogP contribution in [0.25, 0.3) is 11.1 Å². The molecule has 2 aromatic carbocycles. The molecule has 1 aliphatic carbocycles. The molecule has 1 aliphatic heterocycles. The first-order chi connectivity index (χ1) is 14.8. The molecule has 1 aromatic heterocycles. The van der Waals surface area contributed by atoms with Gasteiger partial charge < -0.3 is 5.32 Å². The SMILES string of the molecule is O=C(Nc1ccc2c(c1)CCN(C1CCC1)CC2)c1cccc(-c2cncnc2)c1. The molecule has 1 N–H and O–H groups in total. The lowest BCUT2D eigenvalue weighted by Gasteiger charge is -2.36. The van der Waals surface area contributed by atoms with Gasteiger partial charge in [0.05, 0.1) is 0 Å². The van der Waals surface area contributed by atoms with Gasteiger partial charge in [-0.1, -0.05) is 24.6 Å². The van der Waals surface area contributed by atoms with E-state index in [1.54, 1.807) is 12.4 Å². The molecule has 0 radical (unpaired) electrons. The summed E-state index contributed by atoms with van der Waals surface area (Å²) in [4.78, 5) is 23.6. The fraction of sp³-hybridized carbons (Fsp3) is 0.320. The standard InChI is InChI=1S/C25H26N4O/c30-25(21-4-1-3-19(13-21)22-15-26-17-27-16-22)28-23-8-7-18-9-11-29(24-5-2-6-24)12-10-20(18)14-23/h1,3-4,7-8,13-17,24H,2,5-6,9-12H2,(H,28,30). The number of benzene rings is 2. The third-order valence-electron chi connectivity index (χ3n) is 6.41. The van der Waals surface area contributed by atoms with E-state index in [0.29, 0.717) is 5.56 Å². The largest absolute Gasteiger partial charge is 0.322 e. The van der Waals surface area contributed by atoms with E-state index in [4.69, 9.17) is 0 Å². The van der Waals surface area contributed by atoms with E-state index in [2.05, 4.69) is 32.3 Å². The first-order valence-electron chi connectivity index (χ1n) is 10.8. The summed E-state index contributed by atoms with van der Waals surface area (Å²) in [6.07, 6.45) is 11.2. The second-order valence-electron chi connectivity index (χ2n) is 8.27. The Balaban J connectivity index is 1.30. The first-order valence-corrected chi connectivity index (χ1v) is 10.8. The zero-order valence-corrected chi connectivity index (χ0v) is 17.1. The number of nitrogens with one attached hydrogen (secondary N) is 1. The van der Waals surface area contributed by atoms with Crippen molar-refractivity contribution < 1.29 is 4.79 Å². The van der Waals surface area contributed by atoms with Gasteiger partial charge in [-0.25, -0.2) is 9.97 Å². The van der Waals surface area contributed by atoms with Crippen molar-refractivity contribution in [3.05, 3.63) is 77.9 Å². The van der Waals surface area contributed by atoms with Crippen molar-refractivity contribution in [3.63, 3.8) is 0 Å². The second-order valence-corrected chi connectivity index (χ2v) is 8.27. The Labute approximate surface area is 177 Å². The number of carbonyl (C=O) groups is 1. The van der Waals surface area contributed by atoms with Crippen molar-refractivity contribution in [1.29, 1.82) is 0 Å². The van der Waals surface area contributed by atoms with E-state index in [1.807, 2.05) is 30.3 Å². The molecule has 2 aliphatic rings. The number of amides is 1. The monoisotopic (exact) mass is 398 g/mol. The van der Waals surface area contributed by atoms with Gasteiger partial charge in [-0.05, 0) is 66.6 Å². The fourth-order valence-electron chi connectivity index (χ4n) is 4.43. The molecule has 0 saturated heterocycles. The molecule has 2 heterocycles. The lowest BCUT2D eigenvalue weighted by atomic mass is 9.91. The van der Waals surface area contributed by atoms with E-state index in [-0.39, 0.29) is 5.91 Å². The number of carbonyl (C=O) groups excluding carboxylic acids is 1. The zero-order chi connectivity index (χ0) is 20.3. The lowest BCUT2D eigenvalue weighted by Crippen LogP contribution is -2.41. The molecular weight excluding hydrogens is 372 g/mol. The highest BCUT2D eigenvalue weighted by Crippen LogP contribution is 2.28. The van der Waals surface area contributed by atoms with Gasteiger partial charge in [0.1, 0.15) is 6.33 Å². The highest BCUT2D eigenvalue weighted by molar-refractivity contribution is 6.05. The van der Waals surface area contributed by atoms with Crippen LogP contribution in [0.3, 0.4) is 0 Å². The number of rotatable bonds is 4. The quantitative estimate of drug-likeness (QED) is 0.710. The maximum absolute atomic E-state index is 12.9. The summed E-state index contributed by atoms with van der Waals surface area (Å²) in [5, 5.41) is 3.08. The highest BCUT2D eigenvalue weighted by Gasteiger charge is 2.26. The Morgan fingerprint density at radius 1 is 0.933 bits per heavy atom. The van der Waals surface area contributed by atoms with Gasteiger partial charge in [-0.3, -0.25) is 9.69 Å². The molecule has 0 atom stereocenters.